The summed E-state index contributed by atoms with van der Waals surface area (Å²) in [5, 5.41) is 13.3. The summed E-state index contributed by atoms with van der Waals surface area (Å²) in [5.41, 5.74) is 3.41. The Morgan fingerprint density at radius 1 is 1.14 bits per heavy atom. The SMILES string of the molecule is COc1cccc(CSc2nnc(C(C)NC(=O)c3ccc4c(c3)OCO4)n2-c2cc(Cl)ccc2C)c1. The first kappa shape index (κ1) is 25.0. The topological polar surface area (TPSA) is 87.5 Å². The molecule has 5 rings (SSSR count). The van der Waals surface area contributed by atoms with Gasteiger partial charge in [-0.2, -0.15) is 0 Å². The molecule has 1 aromatic heterocycles. The molecule has 1 aliphatic rings. The molecule has 3 aromatic carbocycles. The van der Waals surface area contributed by atoms with Gasteiger partial charge in [0.05, 0.1) is 18.8 Å². The van der Waals surface area contributed by atoms with Crippen LogP contribution in [0.2, 0.25) is 5.02 Å². The van der Waals surface area contributed by atoms with Crippen LogP contribution in [0.1, 0.15) is 40.3 Å². The molecule has 0 aliphatic carbocycles. The van der Waals surface area contributed by atoms with Gasteiger partial charge in [-0.15, -0.1) is 10.2 Å². The number of aryl methyl sites for hydroxylation is 1. The lowest BCUT2D eigenvalue weighted by Crippen LogP contribution is -2.28. The number of thioether (sulfide) groups is 1. The van der Waals surface area contributed by atoms with Crippen molar-refractivity contribution in [1.82, 2.24) is 20.1 Å². The third-order valence-electron chi connectivity index (χ3n) is 5.94. The van der Waals surface area contributed by atoms with Gasteiger partial charge in [-0.1, -0.05) is 41.6 Å². The van der Waals surface area contributed by atoms with Gasteiger partial charge in [0.15, 0.2) is 22.5 Å². The molecule has 10 heteroatoms. The highest BCUT2D eigenvalue weighted by atomic mass is 35.5. The number of halogens is 1. The van der Waals surface area contributed by atoms with Crippen molar-refractivity contribution >= 4 is 29.3 Å². The van der Waals surface area contributed by atoms with E-state index in [9.17, 15) is 4.79 Å². The molecule has 0 radical (unpaired) electrons. The molecule has 190 valence electrons. The van der Waals surface area contributed by atoms with Crippen molar-refractivity contribution in [3.05, 3.63) is 88.2 Å². The van der Waals surface area contributed by atoms with Crippen LogP contribution < -0.4 is 19.5 Å². The second kappa shape index (κ2) is 10.7. The van der Waals surface area contributed by atoms with E-state index in [2.05, 4.69) is 15.5 Å². The van der Waals surface area contributed by atoms with E-state index in [0.29, 0.717) is 38.8 Å². The molecular weight excluding hydrogens is 512 g/mol. The first-order chi connectivity index (χ1) is 17.9. The summed E-state index contributed by atoms with van der Waals surface area (Å²) in [6.45, 7) is 4.03. The minimum absolute atomic E-state index is 0.148. The Hall–Kier alpha value is -3.69. The zero-order valence-corrected chi connectivity index (χ0v) is 22.1. The number of aromatic nitrogens is 3. The van der Waals surface area contributed by atoms with Crippen LogP contribution in [0.3, 0.4) is 0 Å². The second-order valence-corrected chi connectivity index (χ2v) is 9.89. The van der Waals surface area contributed by atoms with Gasteiger partial charge in [0.1, 0.15) is 5.75 Å². The van der Waals surface area contributed by atoms with Crippen LogP contribution in [0.25, 0.3) is 5.69 Å². The summed E-state index contributed by atoms with van der Waals surface area (Å²) in [6, 6.07) is 18.2. The van der Waals surface area contributed by atoms with Crippen molar-refractivity contribution in [2.45, 2.75) is 30.8 Å². The fraction of sp³-hybridized carbons (Fsp3) is 0.222. The fourth-order valence-electron chi connectivity index (χ4n) is 4.00. The third kappa shape index (κ3) is 5.38. The summed E-state index contributed by atoms with van der Waals surface area (Å²) in [4.78, 5) is 13.1. The van der Waals surface area contributed by atoms with Gasteiger partial charge < -0.3 is 19.5 Å². The van der Waals surface area contributed by atoms with E-state index in [-0.39, 0.29) is 12.7 Å². The lowest BCUT2D eigenvalue weighted by molar-refractivity contribution is 0.0937. The zero-order chi connectivity index (χ0) is 25.9. The Balaban J connectivity index is 1.44. The van der Waals surface area contributed by atoms with Crippen molar-refractivity contribution in [3.8, 4) is 22.9 Å². The predicted octanol–water partition coefficient (Wildman–Crippen LogP) is 5.75. The molecule has 1 aliphatic heterocycles. The zero-order valence-electron chi connectivity index (χ0n) is 20.5. The summed E-state index contributed by atoms with van der Waals surface area (Å²) >= 11 is 7.91. The maximum Gasteiger partial charge on any atom is 0.252 e. The van der Waals surface area contributed by atoms with Crippen molar-refractivity contribution in [3.63, 3.8) is 0 Å². The van der Waals surface area contributed by atoms with Gasteiger partial charge >= 0.3 is 0 Å². The number of carbonyl (C=O) groups excluding carboxylic acids is 1. The lowest BCUT2D eigenvalue weighted by Gasteiger charge is -2.18. The Labute approximate surface area is 223 Å². The number of amides is 1. The molecule has 0 spiro atoms. The molecule has 0 fully saturated rings. The van der Waals surface area contributed by atoms with Crippen LogP contribution in [-0.4, -0.2) is 34.6 Å². The summed E-state index contributed by atoms with van der Waals surface area (Å²) in [7, 11) is 1.65. The van der Waals surface area contributed by atoms with Crippen molar-refractivity contribution in [2.75, 3.05) is 13.9 Å². The van der Waals surface area contributed by atoms with E-state index in [1.54, 1.807) is 37.1 Å². The number of benzene rings is 3. The highest BCUT2D eigenvalue weighted by molar-refractivity contribution is 7.98. The Kier molecular flexibility index (Phi) is 7.25. The summed E-state index contributed by atoms with van der Waals surface area (Å²) in [6.07, 6.45) is 0. The van der Waals surface area contributed by atoms with Crippen LogP contribution in [-0.2, 0) is 5.75 Å². The number of carbonyl (C=O) groups is 1. The molecule has 1 N–H and O–H groups in total. The van der Waals surface area contributed by atoms with E-state index >= 15 is 0 Å². The Bertz CT molecular complexity index is 1460. The number of hydrogen-bond donors (Lipinski definition) is 1. The smallest absolute Gasteiger partial charge is 0.252 e. The standard InChI is InChI=1S/C27H25ClN4O4S/c1-16-7-9-20(28)13-22(16)32-25(30-31-27(32)37-14-18-5-4-6-21(11-18)34-3)17(2)29-26(33)19-8-10-23-24(12-19)36-15-35-23/h4-13,17H,14-15H2,1-3H3,(H,29,33). The quantitative estimate of drug-likeness (QED) is 0.287. The van der Waals surface area contributed by atoms with Crippen LogP contribution in [0, 0.1) is 6.92 Å². The lowest BCUT2D eigenvalue weighted by atomic mass is 10.1. The number of ether oxygens (including phenoxy) is 3. The maximum atomic E-state index is 13.1. The minimum Gasteiger partial charge on any atom is -0.497 e. The van der Waals surface area contributed by atoms with E-state index in [4.69, 9.17) is 25.8 Å². The van der Waals surface area contributed by atoms with Gasteiger partial charge in [-0.05, 0) is 67.4 Å². The monoisotopic (exact) mass is 536 g/mol. The molecule has 0 bridgehead atoms. The van der Waals surface area contributed by atoms with E-state index in [1.807, 2.05) is 60.9 Å². The Morgan fingerprint density at radius 2 is 1.97 bits per heavy atom. The highest BCUT2D eigenvalue weighted by Crippen LogP contribution is 2.33. The molecule has 1 unspecified atom stereocenters. The second-order valence-electron chi connectivity index (χ2n) is 8.51. The number of nitrogens with one attached hydrogen (secondary N) is 1. The number of hydrogen-bond acceptors (Lipinski definition) is 7. The van der Waals surface area contributed by atoms with E-state index < -0.39 is 6.04 Å². The first-order valence-corrected chi connectivity index (χ1v) is 13.0. The fourth-order valence-corrected chi connectivity index (χ4v) is 5.06. The minimum atomic E-state index is -0.449. The first-order valence-electron chi connectivity index (χ1n) is 11.6. The number of nitrogens with zero attached hydrogens (tertiary/aromatic N) is 3. The third-order valence-corrected chi connectivity index (χ3v) is 7.18. The molecule has 1 amide bonds. The molecular formula is C27H25ClN4O4S. The molecule has 4 aromatic rings. The maximum absolute atomic E-state index is 13.1. The molecule has 8 nitrogen and oxygen atoms in total. The average molecular weight is 537 g/mol. The van der Waals surface area contributed by atoms with Gasteiger partial charge in [0.2, 0.25) is 6.79 Å². The summed E-state index contributed by atoms with van der Waals surface area (Å²) in [5.74, 6) is 2.97. The van der Waals surface area contributed by atoms with Crippen molar-refractivity contribution < 1.29 is 19.0 Å². The van der Waals surface area contributed by atoms with Crippen LogP contribution in [0.15, 0.2) is 65.8 Å². The number of methoxy groups -OCH3 is 1. The predicted molar refractivity (Wildman–Crippen MR) is 142 cm³/mol. The van der Waals surface area contributed by atoms with Crippen molar-refractivity contribution in [1.29, 1.82) is 0 Å². The van der Waals surface area contributed by atoms with Crippen molar-refractivity contribution in [2.24, 2.45) is 0 Å². The number of rotatable bonds is 8. The molecule has 1 atom stereocenters. The van der Waals surface area contributed by atoms with Crippen LogP contribution in [0.4, 0.5) is 0 Å². The van der Waals surface area contributed by atoms with Gasteiger partial charge in [-0.25, -0.2) is 0 Å². The highest BCUT2D eigenvalue weighted by Gasteiger charge is 2.24. The molecule has 0 saturated carbocycles. The van der Waals surface area contributed by atoms with Gasteiger partial charge in [0.25, 0.3) is 5.91 Å². The van der Waals surface area contributed by atoms with Crippen LogP contribution >= 0.6 is 23.4 Å². The number of fused-ring (bicyclic) bond motifs is 1. The molecule has 0 saturated heterocycles. The van der Waals surface area contributed by atoms with Gasteiger partial charge in [-0.3, -0.25) is 9.36 Å². The average Bonchev–Trinajstić information content (AvgIpc) is 3.55. The normalized spacial score (nSPS) is 12.9. The molecule has 2 heterocycles. The largest absolute Gasteiger partial charge is 0.497 e. The Morgan fingerprint density at radius 3 is 2.81 bits per heavy atom. The van der Waals surface area contributed by atoms with E-state index in [0.717, 1.165) is 22.6 Å². The van der Waals surface area contributed by atoms with E-state index in [1.165, 1.54) is 0 Å². The van der Waals surface area contributed by atoms with Crippen LogP contribution in [0.5, 0.6) is 17.2 Å². The molecule has 37 heavy (non-hydrogen) atoms. The van der Waals surface area contributed by atoms with Gasteiger partial charge in [0, 0.05) is 16.3 Å². The summed E-state index contributed by atoms with van der Waals surface area (Å²) < 4.78 is 18.1.